The van der Waals surface area contributed by atoms with Gasteiger partial charge in [-0.1, -0.05) is 33.8 Å². The summed E-state index contributed by atoms with van der Waals surface area (Å²) in [6.07, 6.45) is 0. The van der Waals surface area contributed by atoms with Crippen LogP contribution in [-0.2, 0) is 0 Å². The standard InChI is InChI=1S/C6H7NO.2C2H6.U.H2/c1-5-3-2-4-6(8)7-5;2*1-2;;/h2-4H,1H3,(H,7,8);2*1-2H3;;1H. The molecule has 3 heteroatoms. The number of aromatic amines is 1. The molecule has 0 aliphatic carbocycles. The smallest absolute Gasteiger partial charge is 0.248 e. The molecule has 0 radical (unpaired) electrons. The van der Waals surface area contributed by atoms with Crippen LogP contribution in [0.5, 0.6) is 0 Å². The molecule has 0 spiro atoms. The maximum atomic E-state index is 10.4. The summed E-state index contributed by atoms with van der Waals surface area (Å²) in [4.78, 5) is 13.0. The molecular formula is C10H21NOU. The van der Waals surface area contributed by atoms with E-state index in [0.717, 1.165) is 5.69 Å². The zero-order valence-electron chi connectivity index (χ0n) is 9.14. The van der Waals surface area contributed by atoms with Gasteiger partial charge in [0, 0.05) is 44.3 Å². The van der Waals surface area contributed by atoms with Crippen molar-refractivity contribution in [3.8, 4) is 0 Å². The molecule has 1 rings (SSSR count). The first kappa shape index (κ1) is 18.7. The molecular weight excluding hydrogens is 388 g/mol. The van der Waals surface area contributed by atoms with Crippen molar-refractivity contribution in [2.24, 2.45) is 0 Å². The van der Waals surface area contributed by atoms with Gasteiger partial charge in [-0.15, -0.1) is 0 Å². The van der Waals surface area contributed by atoms with E-state index in [-0.39, 0.29) is 38.1 Å². The number of hydrogen-bond donors (Lipinski definition) is 1. The summed E-state index contributed by atoms with van der Waals surface area (Å²) < 4.78 is 0. The second-order valence-electron chi connectivity index (χ2n) is 1.70. The molecule has 0 unspecified atom stereocenters. The van der Waals surface area contributed by atoms with Crippen LogP contribution in [-0.4, -0.2) is 4.98 Å². The molecule has 0 atom stereocenters. The molecule has 13 heavy (non-hydrogen) atoms. The fourth-order valence-corrected chi connectivity index (χ4v) is 0.558. The Morgan fingerprint density at radius 2 is 1.62 bits per heavy atom. The van der Waals surface area contributed by atoms with Gasteiger partial charge in [-0.3, -0.25) is 4.79 Å². The molecule has 76 valence electrons. The quantitative estimate of drug-likeness (QED) is 0.702. The molecule has 0 aromatic carbocycles. The van der Waals surface area contributed by atoms with Crippen LogP contribution in [0.1, 0.15) is 34.8 Å². The first-order valence-corrected chi connectivity index (χ1v) is 4.45. The number of H-pyrrole nitrogens is 1. The maximum Gasteiger partial charge on any atom is 0.248 e. The van der Waals surface area contributed by atoms with E-state index in [2.05, 4.69) is 4.98 Å². The third-order valence-electron chi connectivity index (χ3n) is 0.914. The number of aryl methyl sites for hydroxylation is 1. The number of rotatable bonds is 0. The second-order valence-corrected chi connectivity index (χ2v) is 1.70. The minimum Gasteiger partial charge on any atom is -0.327 e. The van der Waals surface area contributed by atoms with Gasteiger partial charge >= 0.3 is 0 Å². The summed E-state index contributed by atoms with van der Waals surface area (Å²) in [5, 5.41) is 0. The van der Waals surface area contributed by atoms with E-state index in [9.17, 15) is 4.79 Å². The molecule has 1 aromatic heterocycles. The Labute approximate surface area is 106 Å². The summed E-state index contributed by atoms with van der Waals surface area (Å²) in [7, 11) is 0. The van der Waals surface area contributed by atoms with E-state index in [1.165, 1.54) is 6.07 Å². The molecule has 1 N–H and O–H groups in total. The van der Waals surface area contributed by atoms with Gasteiger partial charge in [0.15, 0.2) is 0 Å². The summed E-state index contributed by atoms with van der Waals surface area (Å²) >= 11 is 0. The SMILES string of the molecule is CC.CC.Cc1cccc(=O)[nH]1.[HH].[U]. The molecule has 0 saturated heterocycles. The van der Waals surface area contributed by atoms with Crippen LogP contribution >= 0.6 is 0 Å². The van der Waals surface area contributed by atoms with Gasteiger partial charge in [0.05, 0.1) is 0 Å². The predicted octanol–water partition coefficient (Wildman–Crippen LogP) is 2.98. The molecule has 0 aliphatic rings. The summed E-state index contributed by atoms with van der Waals surface area (Å²) in [5.41, 5.74) is 0.863. The Hall–Kier alpha value is 0.00195. The first-order chi connectivity index (χ1) is 5.79. The largest absolute Gasteiger partial charge is 0.327 e. The number of pyridine rings is 1. The van der Waals surface area contributed by atoms with Crippen molar-refractivity contribution in [3.63, 3.8) is 0 Å². The van der Waals surface area contributed by atoms with Crippen molar-refractivity contribution < 1.29 is 32.5 Å². The predicted molar refractivity (Wildman–Crippen MR) is 56.6 cm³/mol. The van der Waals surface area contributed by atoms with Gasteiger partial charge in [0.25, 0.3) is 0 Å². The van der Waals surface area contributed by atoms with Crippen LogP contribution < -0.4 is 5.56 Å². The molecule has 2 nitrogen and oxygen atoms in total. The summed E-state index contributed by atoms with van der Waals surface area (Å²) in [6.45, 7) is 9.85. The van der Waals surface area contributed by atoms with Gasteiger partial charge < -0.3 is 4.98 Å². The van der Waals surface area contributed by atoms with Gasteiger partial charge in [0.2, 0.25) is 5.56 Å². The van der Waals surface area contributed by atoms with Crippen LogP contribution in [0.2, 0.25) is 0 Å². The maximum absolute atomic E-state index is 10.4. The Bertz CT molecular complexity index is 238. The van der Waals surface area contributed by atoms with Gasteiger partial charge in [0.1, 0.15) is 0 Å². The van der Waals surface area contributed by atoms with Crippen molar-refractivity contribution in [1.29, 1.82) is 0 Å². The van der Waals surface area contributed by atoms with Crippen molar-refractivity contribution in [2.75, 3.05) is 0 Å². The second kappa shape index (κ2) is 14.5. The number of nitrogens with one attached hydrogen (secondary N) is 1. The first-order valence-electron chi connectivity index (χ1n) is 4.45. The molecule has 1 heterocycles. The van der Waals surface area contributed by atoms with E-state index < -0.39 is 0 Å². The number of aromatic nitrogens is 1. The minimum atomic E-state index is -0.0370. The van der Waals surface area contributed by atoms with E-state index in [4.69, 9.17) is 0 Å². The third kappa shape index (κ3) is 12.0. The average molecular weight is 409 g/mol. The van der Waals surface area contributed by atoms with Crippen LogP contribution in [0, 0.1) is 38.0 Å². The molecule has 0 amide bonds. The number of hydrogen-bond acceptors (Lipinski definition) is 1. The van der Waals surface area contributed by atoms with E-state index in [0.29, 0.717) is 0 Å². The summed E-state index contributed by atoms with van der Waals surface area (Å²) in [5.74, 6) is 0. The van der Waals surface area contributed by atoms with Gasteiger partial charge in [-0.05, 0) is 13.0 Å². The van der Waals surface area contributed by atoms with Crippen molar-refractivity contribution in [2.45, 2.75) is 34.6 Å². The monoisotopic (exact) mass is 409 g/mol. The van der Waals surface area contributed by atoms with Gasteiger partial charge in [-0.2, -0.15) is 0 Å². The van der Waals surface area contributed by atoms with Crippen LogP contribution in [0.3, 0.4) is 0 Å². The van der Waals surface area contributed by atoms with Crippen LogP contribution in [0.25, 0.3) is 0 Å². The van der Waals surface area contributed by atoms with E-state index in [1.54, 1.807) is 6.07 Å². The Morgan fingerprint density at radius 3 is 1.85 bits per heavy atom. The minimum absolute atomic E-state index is 0. The van der Waals surface area contributed by atoms with E-state index in [1.807, 2.05) is 40.7 Å². The molecule has 0 aliphatic heterocycles. The molecule has 0 bridgehead atoms. The molecule has 0 fully saturated rings. The van der Waals surface area contributed by atoms with E-state index >= 15 is 0 Å². The third-order valence-corrected chi connectivity index (χ3v) is 0.914. The Morgan fingerprint density at radius 1 is 1.15 bits per heavy atom. The van der Waals surface area contributed by atoms with Crippen molar-refractivity contribution in [1.82, 2.24) is 4.98 Å². The zero-order valence-corrected chi connectivity index (χ0v) is 13.3. The Kier molecular flexibility index (Phi) is 20.9. The Balaban J connectivity index is -0.0000000750. The average Bonchev–Trinajstić information content (AvgIpc) is 2.11. The zero-order chi connectivity index (χ0) is 9.98. The normalized spacial score (nSPS) is 6.54. The fourth-order valence-electron chi connectivity index (χ4n) is 0.558. The fraction of sp³-hybridized carbons (Fsp3) is 0.500. The van der Waals surface area contributed by atoms with Crippen LogP contribution in [0.15, 0.2) is 23.0 Å². The molecule has 0 saturated carbocycles. The van der Waals surface area contributed by atoms with Crippen molar-refractivity contribution in [3.05, 3.63) is 34.2 Å². The van der Waals surface area contributed by atoms with Gasteiger partial charge in [-0.25, -0.2) is 0 Å². The van der Waals surface area contributed by atoms with Crippen molar-refractivity contribution >= 4 is 0 Å². The van der Waals surface area contributed by atoms with Crippen LogP contribution in [0.4, 0.5) is 0 Å². The molecule has 1 aromatic rings. The summed E-state index contributed by atoms with van der Waals surface area (Å²) in [6, 6.07) is 5.07. The topological polar surface area (TPSA) is 32.9 Å².